The lowest BCUT2D eigenvalue weighted by atomic mass is 9.82. The number of benzene rings is 8. The van der Waals surface area contributed by atoms with E-state index in [1.807, 2.05) is 18.2 Å². The molecule has 0 N–H and O–H groups in total. The molecule has 12 rings (SSSR count). The summed E-state index contributed by atoms with van der Waals surface area (Å²) < 4.78 is 9.18. The highest BCUT2D eigenvalue weighted by Gasteiger charge is 2.35. The van der Waals surface area contributed by atoms with E-state index in [-0.39, 0.29) is 5.41 Å². The Bertz CT molecular complexity index is 3390. The number of furan rings is 1. The van der Waals surface area contributed by atoms with Crippen LogP contribution in [0.1, 0.15) is 25.0 Å². The third kappa shape index (κ3) is 4.66. The Morgan fingerprint density at radius 1 is 0.456 bits per heavy atom. The minimum atomic E-state index is -0.158. The Labute approximate surface area is 328 Å². The van der Waals surface area contributed by atoms with Crippen molar-refractivity contribution in [2.24, 2.45) is 0 Å². The molecule has 0 aliphatic heterocycles. The predicted octanol–water partition coefficient (Wildman–Crippen LogP) is 13.3. The molecule has 0 amide bonds. The van der Waals surface area contributed by atoms with Crippen LogP contribution in [0.4, 0.5) is 0 Å². The first-order valence-electron chi connectivity index (χ1n) is 19.4. The van der Waals surface area contributed by atoms with E-state index in [1.54, 1.807) is 0 Å². The number of aromatic nitrogens is 4. The van der Waals surface area contributed by atoms with Crippen molar-refractivity contribution in [2.75, 3.05) is 0 Å². The maximum absolute atomic E-state index is 6.83. The Hall–Kier alpha value is -7.37. The lowest BCUT2D eigenvalue weighted by Crippen LogP contribution is -2.15. The number of hydrogen-bond donors (Lipinski definition) is 0. The van der Waals surface area contributed by atoms with E-state index in [4.69, 9.17) is 19.4 Å². The average molecular weight is 731 g/mol. The second-order valence-corrected chi connectivity index (χ2v) is 15.6. The zero-order chi connectivity index (χ0) is 37.8. The first-order chi connectivity index (χ1) is 28.0. The van der Waals surface area contributed by atoms with Gasteiger partial charge in [-0.15, -0.1) is 0 Å². The van der Waals surface area contributed by atoms with Crippen molar-refractivity contribution in [2.45, 2.75) is 19.3 Å². The van der Waals surface area contributed by atoms with Gasteiger partial charge in [0, 0.05) is 54.7 Å². The van der Waals surface area contributed by atoms with Crippen LogP contribution in [-0.4, -0.2) is 19.5 Å². The largest absolute Gasteiger partial charge is 0.455 e. The SMILES string of the molecule is CC1(C)c2ccccc2-c2ccc(-c3nc(-c4ccccc4)nc(-c4cc5ccccc5c5oc6ccc(-n7c8ccccc8c8ccccc87)cc6c45)n3)cc21. The standard InChI is InChI=1S/C52H34N4O/c1-52(2)42-21-11-8-18-36(42)37-26-24-33(29-43(37)52)50-53-49(31-14-4-3-5-15-31)54-51(55-50)41-28-32-16-6-7-17-35(32)48-47(41)40-30-34(25-27-46(40)57-48)56-44-22-12-9-19-38(44)39-20-10-13-23-45(39)56/h3-30H,1-2H3. The van der Waals surface area contributed by atoms with Crippen molar-refractivity contribution < 1.29 is 4.42 Å². The Balaban J connectivity index is 1.13. The summed E-state index contributed by atoms with van der Waals surface area (Å²) in [7, 11) is 0. The molecule has 268 valence electrons. The fourth-order valence-corrected chi connectivity index (χ4v) is 9.30. The van der Waals surface area contributed by atoms with Gasteiger partial charge in [0.25, 0.3) is 0 Å². The molecule has 8 aromatic carbocycles. The van der Waals surface area contributed by atoms with Crippen LogP contribution in [0.15, 0.2) is 174 Å². The third-order valence-corrected chi connectivity index (χ3v) is 12.0. The fourth-order valence-electron chi connectivity index (χ4n) is 9.30. The predicted molar refractivity (Wildman–Crippen MR) is 233 cm³/mol. The Morgan fingerprint density at radius 2 is 1.09 bits per heavy atom. The smallest absolute Gasteiger partial charge is 0.164 e. The molecule has 5 heteroatoms. The second-order valence-electron chi connectivity index (χ2n) is 15.6. The van der Waals surface area contributed by atoms with Gasteiger partial charge in [-0.2, -0.15) is 0 Å². The van der Waals surface area contributed by atoms with E-state index in [1.165, 1.54) is 33.0 Å². The molecule has 0 saturated carbocycles. The Morgan fingerprint density at radius 3 is 1.88 bits per heavy atom. The van der Waals surface area contributed by atoms with Crippen LogP contribution in [0.5, 0.6) is 0 Å². The van der Waals surface area contributed by atoms with Gasteiger partial charge in [0.05, 0.1) is 11.0 Å². The summed E-state index contributed by atoms with van der Waals surface area (Å²) in [5, 5.41) is 6.54. The lowest BCUT2D eigenvalue weighted by molar-refractivity contribution is 0.660. The zero-order valence-corrected chi connectivity index (χ0v) is 31.4. The summed E-state index contributed by atoms with van der Waals surface area (Å²) in [6, 6.07) is 60.0. The molecule has 3 aromatic heterocycles. The molecule has 0 saturated heterocycles. The molecule has 11 aromatic rings. The number of fused-ring (bicyclic) bond motifs is 11. The first-order valence-corrected chi connectivity index (χ1v) is 19.4. The fraction of sp³-hybridized carbons (Fsp3) is 0.0577. The van der Waals surface area contributed by atoms with Crippen molar-refractivity contribution in [3.63, 3.8) is 0 Å². The second kappa shape index (κ2) is 11.8. The van der Waals surface area contributed by atoms with E-state index in [2.05, 4.69) is 170 Å². The molecule has 0 unspecified atom stereocenters. The van der Waals surface area contributed by atoms with Gasteiger partial charge in [0.1, 0.15) is 11.2 Å². The summed E-state index contributed by atoms with van der Waals surface area (Å²) in [6.07, 6.45) is 0. The van der Waals surface area contributed by atoms with Crippen molar-refractivity contribution in [1.29, 1.82) is 0 Å². The monoisotopic (exact) mass is 730 g/mol. The number of para-hydroxylation sites is 2. The maximum Gasteiger partial charge on any atom is 0.164 e. The Kier molecular flexibility index (Phi) is 6.62. The highest BCUT2D eigenvalue weighted by molar-refractivity contribution is 6.21. The molecule has 0 fully saturated rings. The van der Waals surface area contributed by atoms with E-state index in [9.17, 15) is 0 Å². The normalized spacial score (nSPS) is 13.2. The summed E-state index contributed by atoms with van der Waals surface area (Å²) in [5.41, 5.74) is 12.8. The molecule has 1 aliphatic rings. The van der Waals surface area contributed by atoms with E-state index < -0.39 is 0 Å². The van der Waals surface area contributed by atoms with Gasteiger partial charge >= 0.3 is 0 Å². The van der Waals surface area contributed by atoms with Crippen molar-refractivity contribution >= 4 is 54.5 Å². The van der Waals surface area contributed by atoms with Gasteiger partial charge < -0.3 is 8.98 Å². The molecule has 0 bridgehead atoms. The number of hydrogen-bond acceptors (Lipinski definition) is 4. The van der Waals surface area contributed by atoms with Crippen molar-refractivity contribution in [3.05, 3.63) is 181 Å². The number of nitrogens with zero attached hydrogens (tertiary/aromatic N) is 4. The van der Waals surface area contributed by atoms with Gasteiger partial charge in [0.2, 0.25) is 0 Å². The van der Waals surface area contributed by atoms with E-state index in [0.29, 0.717) is 17.5 Å². The van der Waals surface area contributed by atoms with Crippen LogP contribution >= 0.6 is 0 Å². The zero-order valence-electron chi connectivity index (χ0n) is 31.4. The van der Waals surface area contributed by atoms with Gasteiger partial charge in [-0.25, -0.2) is 15.0 Å². The molecule has 3 heterocycles. The average Bonchev–Trinajstić information content (AvgIpc) is 3.89. The van der Waals surface area contributed by atoms with Crippen molar-refractivity contribution in [1.82, 2.24) is 19.5 Å². The molecular formula is C52H34N4O. The van der Waals surface area contributed by atoms with Gasteiger partial charge in [0.15, 0.2) is 17.5 Å². The summed E-state index contributed by atoms with van der Waals surface area (Å²) >= 11 is 0. The highest BCUT2D eigenvalue weighted by atomic mass is 16.3. The van der Waals surface area contributed by atoms with Crippen LogP contribution in [0.25, 0.3) is 105 Å². The van der Waals surface area contributed by atoms with E-state index in [0.717, 1.165) is 66.1 Å². The van der Waals surface area contributed by atoms with Crippen LogP contribution in [-0.2, 0) is 5.41 Å². The molecule has 0 spiro atoms. The maximum atomic E-state index is 6.83. The quantitative estimate of drug-likeness (QED) is 0.181. The van der Waals surface area contributed by atoms with E-state index >= 15 is 0 Å². The molecule has 1 aliphatic carbocycles. The molecule has 0 atom stereocenters. The first kappa shape index (κ1) is 31.9. The van der Waals surface area contributed by atoms with Crippen LogP contribution in [0.3, 0.4) is 0 Å². The molecule has 57 heavy (non-hydrogen) atoms. The molecular weight excluding hydrogens is 697 g/mol. The number of rotatable bonds is 4. The van der Waals surface area contributed by atoms with Gasteiger partial charge in [-0.1, -0.05) is 141 Å². The highest BCUT2D eigenvalue weighted by Crippen LogP contribution is 2.50. The van der Waals surface area contributed by atoms with Crippen LogP contribution in [0.2, 0.25) is 0 Å². The minimum Gasteiger partial charge on any atom is -0.455 e. The van der Waals surface area contributed by atoms with Gasteiger partial charge in [-0.3, -0.25) is 0 Å². The third-order valence-electron chi connectivity index (χ3n) is 12.0. The molecule has 5 nitrogen and oxygen atoms in total. The lowest BCUT2D eigenvalue weighted by Gasteiger charge is -2.21. The van der Waals surface area contributed by atoms with Crippen LogP contribution in [0, 0.1) is 0 Å². The molecule has 0 radical (unpaired) electrons. The topological polar surface area (TPSA) is 56.7 Å². The summed E-state index contributed by atoms with van der Waals surface area (Å²) in [6.45, 7) is 4.61. The minimum absolute atomic E-state index is 0.158. The van der Waals surface area contributed by atoms with Crippen molar-refractivity contribution in [3.8, 4) is 51.0 Å². The summed E-state index contributed by atoms with van der Waals surface area (Å²) in [5.74, 6) is 1.86. The van der Waals surface area contributed by atoms with Gasteiger partial charge in [-0.05, 0) is 70.1 Å². The van der Waals surface area contributed by atoms with Crippen LogP contribution < -0.4 is 0 Å². The summed E-state index contributed by atoms with van der Waals surface area (Å²) in [4.78, 5) is 15.8.